The van der Waals surface area contributed by atoms with Gasteiger partial charge in [-0.1, -0.05) is 29.3 Å². The Morgan fingerprint density at radius 2 is 2.05 bits per heavy atom. The predicted molar refractivity (Wildman–Crippen MR) is 74.7 cm³/mol. The van der Waals surface area contributed by atoms with Crippen molar-refractivity contribution >= 4 is 39.2 Å². The Bertz CT molecular complexity index is 590. The highest BCUT2D eigenvalue weighted by Gasteiger charge is 2.24. The van der Waals surface area contributed by atoms with Crippen LogP contribution in [0.4, 0.5) is 0 Å². The number of carboxylic acid groups (broad SMARTS) is 1. The maximum Gasteiger partial charge on any atom is 0.329 e. The predicted octanol–water partition coefficient (Wildman–Crippen LogP) is 1.72. The molecule has 6 nitrogen and oxygen atoms in total. The highest BCUT2D eigenvalue weighted by molar-refractivity contribution is 7.89. The van der Waals surface area contributed by atoms with Crippen molar-refractivity contribution in [1.29, 1.82) is 0 Å². The van der Waals surface area contributed by atoms with E-state index in [0.717, 1.165) is 4.31 Å². The molecule has 0 aliphatic heterocycles. The lowest BCUT2D eigenvalue weighted by atomic mass is 10.4. The van der Waals surface area contributed by atoms with Crippen LogP contribution in [0.25, 0.3) is 0 Å². The van der Waals surface area contributed by atoms with Crippen LogP contribution in [-0.4, -0.2) is 50.6 Å². The first-order valence-electron chi connectivity index (χ1n) is 5.46. The summed E-state index contributed by atoms with van der Waals surface area (Å²) in [7, 11) is -2.46. The minimum Gasteiger partial charge on any atom is -0.480 e. The molecule has 0 heterocycles. The number of hydrogen-bond acceptors (Lipinski definition) is 4. The maximum atomic E-state index is 12.2. The molecule has 0 saturated heterocycles. The molecule has 0 radical (unpaired) electrons. The zero-order valence-electron chi connectivity index (χ0n) is 10.5. The molecule has 0 aliphatic rings. The molecular weight excluding hydrogens is 329 g/mol. The fourth-order valence-electron chi connectivity index (χ4n) is 1.32. The Balaban J connectivity index is 2.77. The Hall–Kier alpha value is -0.860. The second-order valence-electron chi connectivity index (χ2n) is 3.82. The van der Waals surface area contributed by atoms with Crippen LogP contribution in [0, 0.1) is 0 Å². The van der Waals surface area contributed by atoms with Crippen molar-refractivity contribution in [1.82, 2.24) is 4.31 Å². The molecule has 0 atom stereocenters. The highest BCUT2D eigenvalue weighted by atomic mass is 35.5. The van der Waals surface area contributed by atoms with E-state index in [9.17, 15) is 13.2 Å². The van der Waals surface area contributed by atoms with Crippen LogP contribution in [0.2, 0.25) is 10.0 Å². The van der Waals surface area contributed by atoms with Crippen molar-refractivity contribution < 1.29 is 23.1 Å². The van der Waals surface area contributed by atoms with Crippen LogP contribution in [0.5, 0.6) is 0 Å². The number of carbonyl (C=O) groups is 1. The van der Waals surface area contributed by atoms with Gasteiger partial charge in [0.05, 0.1) is 16.7 Å². The zero-order valence-corrected chi connectivity index (χ0v) is 12.9. The number of aliphatic carboxylic acids is 1. The van der Waals surface area contributed by atoms with E-state index in [1.165, 1.54) is 25.2 Å². The minimum absolute atomic E-state index is 0.00153. The van der Waals surface area contributed by atoms with Gasteiger partial charge in [0.1, 0.15) is 11.5 Å². The summed E-state index contributed by atoms with van der Waals surface area (Å²) < 4.78 is 30.3. The van der Waals surface area contributed by atoms with E-state index in [2.05, 4.69) is 0 Å². The largest absolute Gasteiger partial charge is 0.480 e. The number of nitrogens with zero attached hydrogens (tertiary/aromatic N) is 1. The van der Waals surface area contributed by atoms with Crippen LogP contribution in [0.3, 0.4) is 0 Å². The van der Waals surface area contributed by atoms with E-state index in [1.54, 1.807) is 0 Å². The van der Waals surface area contributed by atoms with Crippen molar-refractivity contribution in [3.8, 4) is 0 Å². The van der Waals surface area contributed by atoms with Gasteiger partial charge in [-0.05, 0) is 12.1 Å². The fraction of sp³-hybridized carbons (Fsp3) is 0.364. The Labute approximate surface area is 126 Å². The molecule has 0 unspecified atom stereocenters. The molecule has 0 spiro atoms. The lowest BCUT2D eigenvalue weighted by molar-refractivity contribution is -0.142. The van der Waals surface area contributed by atoms with Crippen molar-refractivity contribution in [2.45, 2.75) is 4.90 Å². The molecule has 1 aromatic carbocycles. The van der Waals surface area contributed by atoms with E-state index in [4.69, 9.17) is 33.0 Å². The maximum absolute atomic E-state index is 12.2. The quantitative estimate of drug-likeness (QED) is 0.763. The van der Waals surface area contributed by atoms with Gasteiger partial charge in [-0.2, -0.15) is 4.31 Å². The second kappa shape index (κ2) is 7.24. The molecule has 0 amide bonds. The smallest absolute Gasteiger partial charge is 0.329 e. The van der Waals surface area contributed by atoms with Crippen LogP contribution in [-0.2, 0) is 19.6 Å². The average Bonchev–Trinajstić information content (AvgIpc) is 2.37. The summed E-state index contributed by atoms with van der Waals surface area (Å²) in [5.74, 6) is -1.12. The van der Waals surface area contributed by atoms with E-state index in [-0.39, 0.29) is 28.1 Å². The first-order chi connectivity index (χ1) is 9.26. The fourth-order valence-corrected chi connectivity index (χ4v) is 3.21. The Morgan fingerprint density at radius 3 is 2.65 bits per heavy atom. The summed E-state index contributed by atoms with van der Waals surface area (Å²) in [4.78, 5) is 10.2. The third-order valence-electron chi connectivity index (χ3n) is 2.38. The standard InChI is InChI=1S/C11H13Cl2NO5S/c1-14(5-6-19-7-10(15)16)20(17,18)9-4-2-3-8(12)11(9)13/h2-4H,5-7H2,1H3,(H,15,16). The summed E-state index contributed by atoms with van der Waals surface area (Å²) in [5.41, 5.74) is 0. The monoisotopic (exact) mass is 341 g/mol. The zero-order chi connectivity index (χ0) is 15.3. The van der Waals surface area contributed by atoms with Crippen molar-refractivity contribution in [2.75, 3.05) is 26.8 Å². The number of rotatable bonds is 7. The lowest BCUT2D eigenvalue weighted by Gasteiger charge is -2.18. The summed E-state index contributed by atoms with van der Waals surface area (Å²) in [5, 5.41) is 8.49. The molecule has 1 aromatic rings. The summed E-state index contributed by atoms with van der Waals surface area (Å²) in [6.45, 7) is -0.523. The lowest BCUT2D eigenvalue weighted by Crippen LogP contribution is -2.31. The molecule has 0 saturated carbocycles. The van der Waals surface area contributed by atoms with Crippen molar-refractivity contribution in [3.63, 3.8) is 0 Å². The van der Waals surface area contributed by atoms with E-state index < -0.39 is 22.6 Å². The Kier molecular flexibility index (Phi) is 6.22. The number of carboxylic acids is 1. The van der Waals surface area contributed by atoms with Gasteiger partial charge in [-0.25, -0.2) is 13.2 Å². The molecule has 112 valence electrons. The molecule has 0 aliphatic carbocycles. The van der Waals surface area contributed by atoms with E-state index in [0.29, 0.717) is 0 Å². The number of likely N-dealkylation sites (N-methyl/N-ethyl adjacent to an activating group) is 1. The third-order valence-corrected chi connectivity index (χ3v) is 5.21. The molecule has 1 N–H and O–H groups in total. The topological polar surface area (TPSA) is 83.9 Å². The molecule has 20 heavy (non-hydrogen) atoms. The summed E-state index contributed by atoms with van der Waals surface area (Å²) >= 11 is 11.7. The summed E-state index contributed by atoms with van der Waals surface area (Å²) in [6, 6.07) is 4.31. The normalized spacial score (nSPS) is 11.8. The van der Waals surface area contributed by atoms with Crippen molar-refractivity contribution in [2.24, 2.45) is 0 Å². The van der Waals surface area contributed by atoms with Gasteiger partial charge < -0.3 is 9.84 Å². The molecule has 0 fully saturated rings. The highest BCUT2D eigenvalue weighted by Crippen LogP contribution is 2.30. The number of halogens is 2. The minimum atomic E-state index is -3.80. The molecular formula is C11H13Cl2NO5S. The third kappa shape index (κ3) is 4.32. The van der Waals surface area contributed by atoms with Gasteiger partial charge >= 0.3 is 5.97 Å². The van der Waals surface area contributed by atoms with Gasteiger partial charge in [0.25, 0.3) is 0 Å². The SMILES string of the molecule is CN(CCOCC(=O)O)S(=O)(=O)c1cccc(Cl)c1Cl. The summed E-state index contributed by atoms with van der Waals surface area (Å²) in [6.07, 6.45) is 0. The van der Waals surface area contributed by atoms with Crippen LogP contribution in [0.1, 0.15) is 0 Å². The molecule has 1 rings (SSSR count). The Morgan fingerprint density at radius 1 is 1.40 bits per heavy atom. The van der Waals surface area contributed by atoms with Crippen molar-refractivity contribution in [3.05, 3.63) is 28.2 Å². The van der Waals surface area contributed by atoms with E-state index >= 15 is 0 Å². The molecule has 0 bridgehead atoms. The van der Waals surface area contributed by atoms with Gasteiger partial charge in [0.2, 0.25) is 10.0 Å². The van der Waals surface area contributed by atoms with Crippen LogP contribution < -0.4 is 0 Å². The first kappa shape index (κ1) is 17.2. The number of benzene rings is 1. The van der Waals surface area contributed by atoms with Gasteiger partial charge in [-0.15, -0.1) is 0 Å². The first-order valence-corrected chi connectivity index (χ1v) is 7.66. The second-order valence-corrected chi connectivity index (χ2v) is 6.62. The van der Waals surface area contributed by atoms with Crippen LogP contribution in [0.15, 0.2) is 23.1 Å². The van der Waals surface area contributed by atoms with Gasteiger partial charge in [-0.3, -0.25) is 0 Å². The van der Waals surface area contributed by atoms with E-state index in [1.807, 2.05) is 0 Å². The number of ether oxygens (including phenoxy) is 1. The van der Waals surface area contributed by atoms with Crippen LogP contribution >= 0.6 is 23.2 Å². The molecule has 9 heteroatoms. The average molecular weight is 342 g/mol. The number of sulfonamides is 1. The molecule has 0 aromatic heterocycles. The van der Waals surface area contributed by atoms with Gasteiger partial charge in [0.15, 0.2) is 0 Å². The number of hydrogen-bond donors (Lipinski definition) is 1. The van der Waals surface area contributed by atoms with Gasteiger partial charge in [0, 0.05) is 13.6 Å².